The van der Waals surface area contributed by atoms with Crippen LogP contribution >= 0.6 is 0 Å². The molecule has 0 aliphatic heterocycles. The topological polar surface area (TPSA) is 91.0 Å². The van der Waals surface area contributed by atoms with Crippen LogP contribution in [0.5, 0.6) is 0 Å². The van der Waals surface area contributed by atoms with E-state index in [1.54, 1.807) is 43.8 Å². The first-order chi connectivity index (χ1) is 11.5. The van der Waals surface area contributed by atoms with Crippen LogP contribution in [0.15, 0.2) is 42.9 Å². The van der Waals surface area contributed by atoms with Crippen molar-refractivity contribution in [2.75, 3.05) is 18.9 Å². The minimum absolute atomic E-state index is 0.0601. The van der Waals surface area contributed by atoms with Crippen molar-refractivity contribution in [3.05, 3.63) is 54.0 Å². The molecule has 2 heterocycles. The van der Waals surface area contributed by atoms with Crippen LogP contribution in [0.4, 0.5) is 5.82 Å². The van der Waals surface area contributed by atoms with Gasteiger partial charge in [-0.1, -0.05) is 0 Å². The number of rotatable bonds is 4. The molecule has 0 aliphatic carbocycles. The number of aromatic nitrogens is 3. The number of aryl methyl sites for hydroxylation is 1. The SMILES string of the molecule is Cc1ccnc(NC(=O)CN(C)C(=O)c2ccc3nc[nH]c3c2)c1. The third-order valence-electron chi connectivity index (χ3n) is 3.58. The summed E-state index contributed by atoms with van der Waals surface area (Å²) in [6.07, 6.45) is 3.20. The van der Waals surface area contributed by atoms with E-state index in [0.29, 0.717) is 11.4 Å². The van der Waals surface area contributed by atoms with Crippen molar-refractivity contribution in [3.63, 3.8) is 0 Å². The second-order valence-electron chi connectivity index (χ2n) is 5.56. The number of pyridine rings is 1. The molecular formula is C17H17N5O2. The molecule has 0 spiro atoms. The molecule has 1 aromatic carbocycles. The van der Waals surface area contributed by atoms with Crippen LogP contribution in [0, 0.1) is 6.92 Å². The Morgan fingerprint density at radius 3 is 2.83 bits per heavy atom. The molecule has 0 fully saturated rings. The summed E-state index contributed by atoms with van der Waals surface area (Å²) in [6.45, 7) is 1.86. The lowest BCUT2D eigenvalue weighted by atomic mass is 10.2. The number of anilines is 1. The van der Waals surface area contributed by atoms with Gasteiger partial charge in [-0.3, -0.25) is 9.59 Å². The van der Waals surface area contributed by atoms with Gasteiger partial charge in [0.15, 0.2) is 0 Å². The van der Waals surface area contributed by atoms with E-state index in [2.05, 4.69) is 20.3 Å². The highest BCUT2D eigenvalue weighted by Crippen LogP contribution is 2.13. The smallest absolute Gasteiger partial charge is 0.254 e. The van der Waals surface area contributed by atoms with E-state index in [-0.39, 0.29) is 18.4 Å². The number of likely N-dealkylation sites (N-methyl/N-ethyl adjacent to an activating group) is 1. The van der Waals surface area contributed by atoms with Gasteiger partial charge < -0.3 is 15.2 Å². The molecule has 0 bridgehead atoms. The lowest BCUT2D eigenvalue weighted by Crippen LogP contribution is -2.35. The number of H-pyrrole nitrogens is 1. The molecule has 2 N–H and O–H groups in total. The second kappa shape index (κ2) is 6.49. The van der Waals surface area contributed by atoms with Gasteiger partial charge in [0, 0.05) is 18.8 Å². The standard InChI is InChI=1S/C17H17N5O2/c1-11-5-6-18-15(7-11)21-16(23)9-22(2)17(24)12-3-4-13-14(8-12)20-10-19-13/h3-8,10H,9H2,1-2H3,(H,19,20)(H,18,21,23). The number of aromatic amines is 1. The number of fused-ring (bicyclic) bond motifs is 1. The monoisotopic (exact) mass is 323 g/mol. The summed E-state index contributed by atoms with van der Waals surface area (Å²) >= 11 is 0. The Morgan fingerprint density at radius 1 is 1.21 bits per heavy atom. The maximum atomic E-state index is 12.4. The molecule has 0 aliphatic rings. The zero-order valence-electron chi connectivity index (χ0n) is 13.4. The molecule has 0 atom stereocenters. The Balaban J connectivity index is 1.65. The number of benzene rings is 1. The molecule has 2 aromatic heterocycles. The van der Waals surface area contributed by atoms with Gasteiger partial charge in [-0.05, 0) is 42.8 Å². The number of hydrogen-bond acceptors (Lipinski definition) is 4. The molecule has 24 heavy (non-hydrogen) atoms. The van der Waals surface area contributed by atoms with Gasteiger partial charge >= 0.3 is 0 Å². The van der Waals surface area contributed by atoms with E-state index in [9.17, 15) is 9.59 Å². The summed E-state index contributed by atoms with van der Waals surface area (Å²) in [7, 11) is 1.59. The lowest BCUT2D eigenvalue weighted by molar-refractivity contribution is -0.116. The number of amides is 2. The number of imidazole rings is 1. The Morgan fingerprint density at radius 2 is 2.04 bits per heavy atom. The fourth-order valence-electron chi connectivity index (χ4n) is 2.36. The molecule has 7 heteroatoms. The van der Waals surface area contributed by atoms with Crippen molar-refractivity contribution in [3.8, 4) is 0 Å². The molecule has 2 amide bonds. The molecule has 0 unspecified atom stereocenters. The molecule has 0 radical (unpaired) electrons. The molecule has 7 nitrogen and oxygen atoms in total. The zero-order chi connectivity index (χ0) is 17.1. The Bertz CT molecular complexity index is 903. The number of nitrogens with zero attached hydrogens (tertiary/aromatic N) is 3. The van der Waals surface area contributed by atoms with Crippen LogP contribution in [-0.4, -0.2) is 45.3 Å². The van der Waals surface area contributed by atoms with Crippen LogP contribution < -0.4 is 5.32 Å². The highest BCUT2D eigenvalue weighted by molar-refractivity contribution is 6.00. The van der Waals surface area contributed by atoms with Crippen molar-refractivity contribution in [1.82, 2.24) is 19.9 Å². The fourth-order valence-corrected chi connectivity index (χ4v) is 2.36. The van der Waals surface area contributed by atoms with Gasteiger partial charge in [0.25, 0.3) is 5.91 Å². The maximum absolute atomic E-state index is 12.4. The summed E-state index contributed by atoms with van der Waals surface area (Å²) in [6, 6.07) is 8.80. The van der Waals surface area contributed by atoms with Crippen LogP contribution in [0.25, 0.3) is 11.0 Å². The Labute approximate surface area is 138 Å². The predicted octanol–water partition coefficient (Wildman–Crippen LogP) is 1.98. The van der Waals surface area contributed by atoms with Crippen LogP contribution in [-0.2, 0) is 4.79 Å². The van der Waals surface area contributed by atoms with Crippen molar-refractivity contribution in [1.29, 1.82) is 0 Å². The van der Waals surface area contributed by atoms with E-state index in [0.717, 1.165) is 16.6 Å². The highest BCUT2D eigenvalue weighted by atomic mass is 16.2. The van der Waals surface area contributed by atoms with Gasteiger partial charge in [0.05, 0.1) is 23.9 Å². The van der Waals surface area contributed by atoms with Crippen LogP contribution in [0.1, 0.15) is 15.9 Å². The van der Waals surface area contributed by atoms with E-state index >= 15 is 0 Å². The van der Waals surface area contributed by atoms with Crippen molar-refractivity contribution in [2.24, 2.45) is 0 Å². The summed E-state index contributed by atoms with van der Waals surface area (Å²) in [4.78, 5) is 37.0. The summed E-state index contributed by atoms with van der Waals surface area (Å²) in [5.41, 5.74) is 3.06. The third kappa shape index (κ3) is 3.40. The van der Waals surface area contributed by atoms with E-state index < -0.39 is 0 Å². The fraction of sp³-hybridized carbons (Fsp3) is 0.176. The number of carbonyl (C=O) groups excluding carboxylic acids is 2. The molecule has 3 aromatic rings. The first-order valence-electron chi connectivity index (χ1n) is 7.44. The van der Waals surface area contributed by atoms with Crippen LogP contribution in [0.2, 0.25) is 0 Å². The summed E-state index contributed by atoms with van der Waals surface area (Å²) < 4.78 is 0. The van der Waals surface area contributed by atoms with Gasteiger partial charge in [0.2, 0.25) is 5.91 Å². The Hall–Kier alpha value is -3.22. The minimum atomic E-state index is -0.299. The van der Waals surface area contributed by atoms with Crippen LogP contribution in [0.3, 0.4) is 0 Å². The van der Waals surface area contributed by atoms with Crippen molar-refractivity contribution < 1.29 is 9.59 Å². The lowest BCUT2D eigenvalue weighted by Gasteiger charge is -2.16. The first kappa shape index (κ1) is 15.7. The normalized spacial score (nSPS) is 10.6. The van der Waals surface area contributed by atoms with Gasteiger partial charge in [-0.15, -0.1) is 0 Å². The summed E-state index contributed by atoms with van der Waals surface area (Å²) in [5.74, 6) is -0.0647. The average Bonchev–Trinajstić information content (AvgIpc) is 3.01. The molecular weight excluding hydrogens is 306 g/mol. The largest absolute Gasteiger partial charge is 0.345 e. The average molecular weight is 323 g/mol. The van der Waals surface area contributed by atoms with Crippen molar-refractivity contribution >= 4 is 28.7 Å². The third-order valence-corrected chi connectivity index (χ3v) is 3.58. The predicted molar refractivity (Wildman–Crippen MR) is 90.7 cm³/mol. The molecule has 0 saturated carbocycles. The zero-order valence-corrected chi connectivity index (χ0v) is 13.4. The molecule has 0 saturated heterocycles. The van der Waals surface area contributed by atoms with Crippen molar-refractivity contribution in [2.45, 2.75) is 6.92 Å². The molecule has 3 rings (SSSR count). The first-order valence-corrected chi connectivity index (χ1v) is 7.44. The highest BCUT2D eigenvalue weighted by Gasteiger charge is 2.16. The van der Waals surface area contributed by atoms with E-state index in [1.807, 2.05) is 13.0 Å². The van der Waals surface area contributed by atoms with E-state index in [1.165, 1.54) is 4.90 Å². The van der Waals surface area contributed by atoms with E-state index in [4.69, 9.17) is 0 Å². The summed E-state index contributed by atoms with van der Waals surface area (Å²) in [5, 5.41) is 2.69. The number of nitrogens with one attached hydrogen (secondary N) is 2. The number of hydrogen-bond donors (Lipinski definition) is 2. The van der Waals surface area contributed by atoms with Gasteiger partial charge in [-0.25, -0.2) is 9.97 Å². The van der Waals surface area contributed by atoms with Gasteiger partial charge in [0.1, 0.15) is 5.82 Å². The van der Waals surface area contributed by atoms with Gasteiger partial charge in [-0.2, -0.15) is 0 Å². The quantitative estimate of drug-likeness (QED) is 0.768. The molecule has 122 valence electrons. The Kier molecular flexibility index (Phi) is 4.24. The minimum Gasteiger partial charge on any atom is -0.345 e. The second-order valence-corrected chi connectivity index (χ2v) is 5.56. The maximum Gasteiger partial charge on any atom is 0.254 e. The number of carbonyl (C=O) groups is 2.